The fourth-order valence-corrected chi connectivity index (χ4v) is 1.39. The summed E-state index contributed by atoms with van der Waals surface area (Å²) in [6.45, 7) is 3.97. The van der Waals surface area contributed by atoms with E-state index in [0.717, 1.165) is 0 Å². The van der Waals surface area contributed by atoms with Gasteiger partial charge in [-0.3, -0.25) is 0 Å². The number of anilines is 1. The lowest BCUT2D eigenvalue weighted by Crippen LogP contribution is -2.30. The number of benzene rings is 1. The van der Waals surface area contributed by atoms with Crippen LogP contribution in [0, 0.1) is 0 Å². The van der Waals surface area contributed by atoms with Crippen molar-refractivity contribution in [3.05, 3.63) is 36.4 Å². The molecule has 0 bridgehead atoms. The van der Waals surface area contributed by atoms with Crippen molar-refractivity contribution in [2.24, 2.45) is 0 Å². The molecule has 0 spiro atoms. The predicted molar refractivity (Wildman–Crippen MR) is 71.8 cm³/mol. The van der Waals surface area contributed by atoms with Crippen LogP contribution in [0.4, 0.5) is 10.5 Å². The van der Waals surface area contributed by atoms with Crippen LogP contribution >= 0.6 is 0 Å². The number of aromatic carboxylic acids is 1. The Bertz CT molecular complexity index is 486. The largest absolute Gasteiger partial charge is 0.497 e. The van der Waals surface area contributed by atoms with Crippen molar-refractivity contribution >= 4 is 17.7 Å². The Labute approximate surface area is 111 Å². The van der Waals surface area contributed by atoms with Crippen LogP contribution in [0.2, 0.25) is 0 Å². The number of carbonyl (C=O) groups excluding carboxylic acids is 1. The maximum atomic E-state index is 11.6. The molecular formula is C13H16N2O4. The molecule has 1 rings (SSSR count). The van der Waals surface area contributed by atoms with Crippen molar-refractivity contribution in [2.75, 3.05) is 19.0 Å². The molecule has 0 fully saturated rings. The van der Waals surface area contributed by atoms with Crippen molar-refractivity contribution < 1.29 is 19.4 Å². The highest BCUT2D eigenvalue weighted by atomic mass is 16.5. The van der Waals surface area contributed by atoms with E-state index < -0.39 is 12.0 Å². The first kappa shape index (κ1) is 14.6. The molecule has 0 aromatic heterocycles. The molecule has 2 amide bonds. The summed E-state index contributed by atoms with van der Waals surface area (Å²) in [6, 6.07) is 3.87. The summed E-state index contributed by atoms with van der Waals surface area (Å²) in [6.07, 6.45) is 2.31. The van der Waals surface area contributed by atoms with Gasteiger partial charge in [0.25, 0.3) is 0 Å². The molecule has 3 N–H and O–H groups in total. The lowest BCUT2D eigenvalue weighted by Gasteiger charge is -2.11. The molecule has 0 aliphatic rings. The van der Waals surface area contributed by atoms with E-state index in [2.05, 4.69) is 17.2 Å². The topological polar surface area (TPSA) is 87.7 Å². The van der Waals surface area contributed by atoms with Gasteiger partial charge in [0.2, 0.25) is 0 Å². The van der Waals surface area contributed by atoms with Gasteiger partial charge in [-0.2, -0.15) is 0 Å². The van der Waals surface area contributed by atoms with Gasteiger partial charge in [0, 0.05) is 12.6 Å². The molecular weight excluding hydrogens is 248 g/mol. The van der Waals surface area contributed by atoms with Gasteiger partial charge >= 0.3 is 12.0 Å². The Hall–Kier alpha value is -2.50. The molecule has 0 unspecified atom stereocenters. The van der Waals surface area contributed by atoms with Crippen molar-refractivity contribution in [2.45, 2.75) is 6.42 Å². The second-order valence-electron chi connectivity index (χ2n) is 3.67. The third-order valence-electron chi connectivity index (χ3n) is 2.34. The van der Waals surface area contributed by atoms with Crippen molar-refractivity contribution in [3.63, 3.8) is 0 Å². The van der Waals surface area contributed by atoms with E-state index in [0.29, 0.717) is 18.7 Å². The number of hydrogen-bond donors (Lipinski definition) is 3. The van der Waals surface area contributed by atoms with Crippen LogP contribution in [0.3, 0.4) is 0 Å². The Morgan fingerprint density at radius 1 is 1.47 bits per heavy atom. The molecule has 0 aliphatic carbocycles. The third-order valence-corrected chi connectivity index (χ3v) is 2.34. The number of urea groups is 1. The summed E-state index contributed by atoms with van der Waals surface area (Å²) in [5, 5.41) is 14.1. The molecule has 0 aliphatic heterocycles. The second kappa shape index (κ2) is 7.05. The number of ether oxygens (including phenoxy) is 1. The fourth-order valence-electron chi connectivity index (χ4n) is 1.39. The third kappa shape index (κ3) is 4.34. The van der Waals surface area contributed by atoms with Gasteiger partial charge in [-0.25, -0.2) is 9.59 Å². The SMILES string of the molecule is C=CCCNC(=O)Nc1cc(OC)ccc1C(=O)O. The van der Waals surface area contributed by atoms with Crippen LogP contribution in [-0.2, 0) is 0 Å². The Morgan fingerprint density at radius 2 is 2.21 bits per heavy atom. The van der Waals surface area contributed by atoms with Crippen LogP contribution in [0.25, 0.3) is 0 Å². The first-order valence-corrected chi connectivity index (χ1v) is 5.65. The molecule has 1 aromatic rings. The number of amides is 2. The number of nitrogens with one attached hydrogen (secondary N) is 2. The standard InChI is InChI=1S/C13H16N2O4/c1-3-4-7-14-13(18)15-11-8-9(19-2)5-6-10(11)12(16)17/h3,5-6,8H,1,4,7H2,2H3,(H,16,17)(H2,14,15,18). The van der Waals surface area contributed by atoms with E-state index in [1.807, 2.05) is 0 Å². The number of methoxy groups -OCH3 is 1. The molecule has 1 aromatic carbocycles. The molecule has 0 atom stereocenters. The Morgan fingerprint density at radius 3 is 2.79 bits per heavy atom. The quantitative estimate of drug-likeness (QED) is 0.542. The monoisotopic (exact) mass is 264 g/mol. The number of rotatable bonds is 6. The molecule has 0 radical (unpaired) electrons. The molecule has 0 saturated carbocycles. The van der Waals surface area contributed by atoms with Gasteiger partial charge in [0.05, 0.1) is 18.4 Å². The van der Waals surface area contributed by atoms with Crippen LogP contribution in [0.5, 0.6) is 5.75 Å². The van der Waals surface area contributed by atoms with E-state index in [9.17, 15) is 9.59 Å². The van der Waals surface area contributed by atoms with Gasteiger partial charge in [0.1, 0.15) is 5.75 Å². The Balaban J connectivity index is 2.82. The summed E-state index contributed by atoms with van der Waals surface area (Å²) in [5.74, 6) is -0.657. The highest BCUT2D eigenvalue weighted by molar-refractivity contribution is 6.00. The highest BCUT2D eigenvalue weighted by Crippen LogP contribution is 2.22. The van der Waals surface area contributed by atoms with Gasteiger partial charge in [-0.1, -0.05) is 6.08 Å². The van der Waals surface area contributed by atoms with Gasteiger partial charge in [-0.05, 0) is 18.6 Å². The average Bonchev–Trinajstić information content (AvgIpc) is 2.38. The molecule has 6 nitrogen and oxygen atoms in total. The first-order chi connectivity index (χ1) is 9.08. The number of carbonyl (C=O) groups is 2. The first-order valence-electron chi connectivity index (χ1n) is 5.65. The maximum absolute atomic E-state index is 11.6. The smallest absolute Gasteiger partial charge is 0.337 e. The van der Waals surface area contributed by atoms with Crippen LogP contribution < -0.4 is 15.4 Å². The van der Waals surface area contributed by atoms with E-state index >= 15 is 0 Å². The van der Waals surface area contributed by atoms with Gasteiger partial charge in [0.15, 0.2) is 0 Å². The fraction of sp³-hybridized carbons (Fsp3) is 0.231. The molecule has 6 heteroatoms. The van der Waals surface area contributed by atoms with E-state index in [4.69, 9.17) is 9.84 Å². The summed E-state index contributed by atoms with van der Waals surface area (Å²) >= 11 is 0. The molecule has 19 heavy (non-hydrogen) atoms. The van der Waals surface area contributed by atoms with E-state index in [1.54, 1.807) is 6.08 Å². The van der Waals surface area contributed by atoms with E-state index in [-0.39, 0.29) is 11.3 Å². The normalized spacial score (nSPS) is 9.53. The molecule has 0 heterocycles. The van der Waals surface area contributed by atoms with Gasteiger partial charge < -0.3 is 20.5 Å². The van der Waals surface area contributed by atoms with Crippen molar-refractivity contribution in [1.82, 2.24) is 5.32 Å². The zero-order valence-corrected chi connectivity index (χ0v) is 10.6. The minimum absolute atomic E-state index is 0.000305. The number of hydrogen-bond acceptors (Lipinski definition) is 3. The van der Waals surface area contributed by atoms with E-state index in [1.165, 1.54) is 25.3 Å². The average molecular weight is 264 g/mol. The van der Waals surface area contributed by atoms with Crippen LogP contribution in [-0.4, -0.2) is 30.8 Å². The molecule has 0 saturated heterocycles. The van der Waals surface area contributed by atoms with Crippen molar-refractivity contribution in [3.8, 4) is 5.75 Å². The molecule has 102 valence electrons. The lowest BCUT2D eigenvalue weighted by atomic mass is 10.1. The summed E-state index contributed by atoms with van der Waals surface area (Å²) < 4.78 is 4.99. The highest BCUT2D eigenvalue weighted by Gasteiger charge is 2.13. The zero-order valence-electron chi connectivity index (χ0n) is 10.6. The van der Waals surface area contributed by atoms with Crippen LogP contribution in [0.1, 0.15) is 16.8 Å². The zero-order chi connectivity index (χ0) is 14.3. The summed E-state index contributed by atoms with van der Waals surface area (Å²) in [4.78, 5) is 22.6. The number of carboxylic acid groups (broad SMARTS) is 1. The second-order valence-corrected chi connectivity index (χ2v) is 3.67. The minimum Gasteiger partial charge on any atom is -0.497 e. The van der Waals surface area contributed by atoms with Crippen LogP contribution in [0.15, 0.2) is 30.9 Å². The summed E-state index contributed by atoms with van der Waals surface area (Å²) in [5.41, 5.74) is 0.183. The van der Waals surface area contributed by atoms with Gasteiger partial charge in [-0.15, -0.1) is 6.58 Å². The maximum Gasteiger partial charge on any atom is 0.337 e. The lowest BCUT2D eigenvalue weighted by molar-refractivity contribution is 0.0698. The predicted octanol–water partition coefficient (Wildman–Crippen LogP) is 2.09. The number of carboxylic acids is 1. The van der Waals surface area contributed by atoms with Crippen molar-refractivity contribution in [1.29, 1.82) is 0 Å². The minimum atomic E-state index is -1.12. The summed E-state index contributed by atoms with van der Waals surface area (Å²) in [7, 11) is 1.46. The Kier molecular flexibility index (Phi) is 5.40.